The van der Waals surface area contributed by atoms with Crippen molar-refractivity contribution in [2.75, 3.05) is 13.4 Å². The zero-order chi connectivity index (χ0) is 13.3. The molecule has 0 atom stereocenters. The Kier molecular flexibility index (Phi) is 3.57. The summed E-state index contributed by atoms with van der Waals surface area (Å²) in [5, 5.41) is 9.53. The number of benzene rings is 1. The van der Waals surface area contributed by atoms with E-state index in [-0.39, 0.29) is 0 Å². The SMILES string of the molecule is COc1cc(C)c(SC)cc1C1(C(=O)O)CCC1. The van der Waals surface area contributed by atoms with E-state index in [1.54, 1.807) is 18.9 Å². The number of rotatable bonds is 4. The van der Waals surface area contributed by atoms with Gasteiger partial charge in [0.1, 0.15) is 5.75 Å². The van der Waals surface area contributed by atoms with Crippen LogP contribution in [0.1, 0.15) is 30.4 Å². The molecule has 1 saturated carbocycles. The number of thioether (sulfide) groups is 1. The van der Waals surface area contributed by atoms with Gasteiger partial charge < -0.3 is 9.84 Å². The van der Waals surface area contributed by atoms with E-state index in [2.05, 4.69) is 0 Å². The summed E-state index contributed by atoms with van der Waals surface area (Å²) in [6.07, 6.45) is 4.38. The van der Waals surface area contributed by atoms with Crippen LogP contribution in [0.3, 0.4) is 0 Å². The summed E-state index contributed by atoms with van der Waals surface area (Å²) < 4.78 is 5.39. The molecule has 0 unspecified atom stereocenters. The molecule has 1 aromatic rings. The number of carbonyl (C=O) groups is 1. The zero-order valence-corrected chi connectivity index (χ0v) is 11.8. The number of aliphatic carboxylic acids is 1. The number of carboxylic acids is 1. The molecule has 1 aromatic carbocycles. The van der Waals surface area contributed by atoms with Crippen LogP contribution >= 0.6 is 11.8 Å². The lowest BCUT2D eigenvalue weighted by Gasteiger charge is -2.39. The summed E-state index contributed by atoms with van der Waals surface area (Å²) in [6.45, 7) is 2.02. The molecule has 0 radical (unpaired) electrons. The lowest BCUT2D eigenvalue weighted by atomic mass is 9.64. The molecule has 0 spiro atoms. The van der Waals surface area contributed by atoms with Gasteiger partial charge >= 0.3 is 5.97 Å². The minimum Gasteiger partial charge on any atom is -0.496 e. The van der Waals surface area contributed by atoms with Gasteiger partial charge in [0.25, 0.3) is 0 Å². The number of methoxy groups -OCH3 is 1. The molecule has 0 heterocycles. The largest absolute Gasteiger partial charge is 0.496 e. The van der Waals surface area contributed by atoms with Crippen LogP contribution in [-0.2, 0) is 10.2 Å². The first-order valence-electron chi connectivity index (χ1n) is 6.01. The van der Waals surface area contributed by atoms with Gasteiger partial charge in [-0.3, -0.25) is 4.79 Å². The van der Waals surface area contributed by atoms with Crippen molar-refractivity contribution >= 4 is 17.7 Å². The Bertz CT molecular complexity index is 478. The predicted octanol–water partition coefficient (Wildman–Crippen LogP) is 3.23. The molecule has 0 aliphatic heterocycles. The lowest BCUT2D eigenvalue weighted by molar-refractivity contribution is -0.147. The maximum atomic E-state index is 11.6. The average Bonchev–Trinajstić information content (AvgIpc) is 2.28. The molecule has 98 valence electrons. The molecule has 2 rings (SSSR count). The first-order valence-corrected chi connectivity index (χ1v) is 7.24. The van der Waals surface area contributed by atoms with Gasteiger partial charge in [-0.15, -0.1) is 11.8 Å². The smallest absolute Gasteiger partial charge is 0.314 e. The fraction of sp³-hybridized carbons (Fsp3) is 0.500. The maximum Gasteiger partial charge on any atom is 0.314 e. The van der Waals surface area contributed by atoms with Crippen LogP contribution in [0.15, 0.2) is 17.0 Å². The van der Waals surface area contributed by atoms with E-state index in [1.165, 1.54) is 0 Å². The highest BCUT2D eigenvalue weighted by atomic mass is 32.2. The van der Waals surface area contributed by atoms with E-state index < -0.39 is 11.4 Å². The number of hydrogen-bond donors (Lipinski definition) is 1. The highest BCUT2D eigenvalue weighted by Gasteiger charge is 2.47. The van der Waals surface area contributed by atoms with Crippen LogP contribution in [0.25, 0.3) is 0 Å². The Morgan fingerprint density at radius 1 is 1.44 bits per heavy atom. The second-order valence-electron chi connectivity index (χ2n) is 4.76. The van der Waals surface area contributed by atoms with Crippen molar-refractivity contribution in [2.24, 2.45) is 0 Å². The predicted molar refractivity (Wildman–Crippen MR) is 72.7 cm³/mol. The topological polar surface area (TPSA) is 46.5 Å². The van der Waals surface area contributed by atoms with Gasteiger partial charge in [-0.25, -0.2) is 0 Å². The molecule has 1 aliphatic rings. The second-order valence-corrected chi connectivity index (χ2v) is 5.61. The van der Waals surface area contributed by atoms with Crippen LogP contribution < -0.4 is 4.74 Å². The second kappa shape index (κ2) is 4.84. The van der Waals surface area contributed by atoms with Gasteiger partial charge in [-0.05, 0) is 43.7 Å². The van der Waals surface area contributed by atoms with Gasteiger partial charge in [0.05, 0.1) is 12.5 Å². The van der Waals surface area contributed by atoms with Crippen molar-refractivity contribution in [2.45, 2.75) is 36.5 Å². The molecule has 0 aromatic heterocycles. The summed E-state index contributed by atoms with van der Waals surface area (Å²) in [6, 6.07) is 3.94. The van der Waals surface area contributed by atoms with E-state index in [1.807, 2.05) is 25.3 Å². The summed E-state index contributed by atoms with van der Waals surface area (Å²) >= 11 is 1.64. The monoisotopic (exact) mass is 266 g/mol. The third kappa shape index (κ3) is 1.88. The molecule has 0 bridgehead atoms. The molecular weight excluding hydrogens is 248 g/mol. The highest BCUT2D eigenvalue weighted by Crippen LogP contribution is 2.48. The Morgan fingerprint density at radius 3 is 2.50 bits per heavy atom. The Balaban J connectivity index is 2.58. The molecule has 18 heavy (non-hydrogen) atoms. The van der Waals surface area contributed by atoms with Gasteiger partial charge in [0.2, 0.25) is 0 Å². The molecule has 0 saturated heterocycles. The summed E-state index contributed by atoms with van der Waals surface area (Å²) in [5.74, 6) is -0.0321. The standard InChI is InChI=1S/C14H18O3S/c1-9-7-11(17-2)10(8-12(9)18-3)14(13(15)16)5-4-6-14/h7-8H,4-6H2,1-3H3,(H,15,16). The molecular formula is C14H18O3S. The van der Waals surface area contributed by atoms with E-state index in [0.717, 1.165) is 22.4 Å². The Morgan fingerprint density at radius 2 is 2.11 bits per heavy atom. The van der Waals surface area contributed by atoms with Crippen LogP contribution in [0.5, 0.6) is 5.75 Å². The number of hydrogen-bond acceptors (Lipinski definition) is 3. The maximum absolute atomic E-state index is 11.6. The minimum absolute atomic E-state index is 0.701. The molecule has 1 N–H and O–H groups in total. The quantitative estimate of drug-likeness (QED) is 0.850. The van der Waals surface area contributed by atoms with Crippen molar-refractivity contribution in [1.82, 2.24) is 0 Å². The minimum atomic E-state index is -0.733. The highest BCUT2D eigenvalue weighted by molar-refractivity contribution is 7.98. The number of carboxylic acid groups (broad SMARTS) is 1. The summed E-state index contributed by atoms with van der Waals surface area (Å²) in [5.41, 5.74) is 1.23. The van der Waals surface area contributed by atoms with Crippen molar-refractivity contribution < 1.29 is 14.6 Å². The molecule has 4 heteroatoms. The van der Waals surface area contributed by atoms with Gasteiger partial charge in [-0.2, -0.15) is 0 Å². The van der Waals surface area contributed by atoms with Gasteiger partial charge in [0, 0.05) is 10.5 Å². The van der Waals surface area contributed by atoms with Crippen molar-refractivity contribution in [3.63, 3.8) is 0 Å². The first kappa shape index (κ1) is 13.3. The third-order valence-electron chi connectivity index (χ3n) is 3.85. The molecule has 1 fully saturated rings. The van der Waals surface area contributed by atoms with E-state index >= 15 is 0 Å². The van der Waals surface area contributed by atoms with Gasteiger partial charge in [-0.1, -0.05) is 6.42 Å². The van der Waals surface area contributed by atoms with Crippen LogP contribution in [0, 0.1) is 6.92 Å². The van der Waals surface area contributed by atoms with Crippen molar-refractivity contribution in [3.05, 3.63) is 23.3 Å². The van der Waals surface area contributed by atoms with Gasteiger partial charge in [0.15, 0.2) is 0 Å². The first-order chi connectivity index (χ1) is 8.55. The third-order valence-corrected chi connectivity index (χ3v) is 4.73. The molecule has 1 aliphatic carbocycles. The van der Waals surface area contributed by atoms with E-state index in [0.29, 0.717) is 18.6 Å². The lowest BCUT2D eigenvalue weighted by Crippen LogP contribution is -2.42. The average molecular weight is 266 g/mol. The van der Waals surface area contributed by atoms with Crippen LogP contribution in [-0.4, -0.2) is 24.4 Å². The number of aryl methyl sites for hydroxylation is 1. The Hall–Kier alpha value is -1.16. The van der Waals surface area contributed by atoms with Crippen LogP contribution in [0.4, 0.5) is 0 Å². The van der Waals surface area contributed by atoms with E-state index in [9.17, 15) is 9.90 Å². The summed E-state index contributed by atoms with van der Waals surface area (Å²) in [7, 11) is 1.60. The fourth-order valence-electron chi connectivity index (χ4n) is 2.55. The zero-order valence-electron chi connectivity index (χ0n) is 10.9. The normalized spacial score (nSPS) is 17.1. The number of ether oxygens (including phenoxy) is 1. The van der Waals surface area contributed by atoms with Crippen molar-refractivity contribution in [1.29, 1.82) is 0 Å². The van der Waals surface area contributed by atoms with Crippen LogP contribution in [0.2, 0.25) is 0 Å². The van der Waals surface area contributed by atoms with E-state index in [4.69, 9.17) is 4.74 Å². The Labute approximate surface area is 112 Å². The molecule has 0 amide bonds. The summed E-state index contributed by atoms with van der Waals surface area (Å²) in [4.78, 5) is 12.7. The van der Waals surface area contributed by atoms with Crippen molar-refractivity contribution in [3.8, 4) is 5.75 Å². The fourth-order valence-corrected chi connectivity index (χ4v) is 3.17. The molecule has 3 nitrogen and oxygen atoms in total.